The molecule has 0 bridgehead atoms. The molecule has 4 rings (SSSR count). The van der Waals surface area contributed by atoms with Gasteiger partial charge in [-0.3, -0.25) is 9.59 Å². The fourth-order valence-corrected chi connectivity index (χ4v) is 4.15. The molecule has 0 aromatic heterocycles. The highest BCUT2D eigenvalue weighted by atomic mass is 16.6. The van der Waals surface area contributed by atoms with E-state index >= 15 is 0 Å². The van der Waals surface area contributed by atoms with Crippen LogP contribution in [-0.4, -0.2) is 36.5 Å². The first-order valence-electron chi connectivity index (χ1n) is 10.1. The van der Waals surface area contributed by atoms with Crippen molar-refractivity contribution in [1.29, 1.82) is 0 Å². The third-order valence-corrected chi connectivity index (χ3v) is 5.48. The molecule has 2 aromatic carbocycles. The molecule has 2 heterocycles. The van der Waals surface area contributed by atoms with Gasteiger partial charge in [0, 0.05) is 13.5 Å². The van der Waals surface area contributed by atoms with Gasteiger partial charge in [0.2, 0.25) is 11.8 Å². The first kappa shape index (κ1) is 19.3. The van der Waals surface area contributed by atoms with Crippen molar-refractivity contribution in [1.82, 2.24) is 10.2 Å². The number of fused-ring (bicyclic) bond motifs is 1. The Balaban J connectivity index is 1.51. The molecule has 0 saturated carbocycles. The lowest BCUT2D eigenvalue weighted by molar-refractivity contribution is -0.133. The van der Waals surface area contributed by atoms with E-state index in [1.54, 1.807) is 0 Å². The lowest BCUT2D eigenvalue weighted by Crippen LogP contribution is -2.35. The van der Waals surface area contributed by atoms with Crippen molar-refractivity contribution in [2.75, 3.05) is 19.8 Å². The Morgan fingerprint density at radius 3 is 2.62 bits per heavy atom. The molecule has 0 spiro atoms. The van der Waals surface area contributed by atoms with E-state index in [2.05, 4.69) is 5.32 Å². The first-order chi connectivity index (χ1) is 14.1. The third-order valence-electron chi connectivity index (χ3n) is 5.48. The monoisotopic (exact) mass is 394 g/mol. The molecule has 1 saturated heterocycles. The van der Waals surface area contributed by atoms with Gasteiger partial charge in [0.05, 0.1) is 18.5 Å². The highest BCUT2D eigenvalue weighted by Crippen LogP contribution is 2.38. The van der Waals surface area contributed by atoms with Crippen molar-refractivity contribution in [3.8, 4) is 11.5 Å². The predicted molar refractivity (Wildman–Crippen MR) is 109 cm³/mol. The minimum atomic E-state index is -0.331. The molecule has 6 nitrogen and oxygen atoms in total. The second-order valence-electron chi connectivity index (χ2n) is 7.52. The Morgan fingerprint density at radius 2 is 1.86 bits per heavy atom. The number of nitrogens with zero attached hydrogens (tertiary/aromatic N) is 1. The lowest BCUT2D eigenvalue weighted by Gasteiger charge is -2.28. The highest BCUT2D eigenvalue weighted by Gasteiger charge is 2.32. The maximum absolute atomic E-state index is 13.2. The molecular weight excluding hydrogens is 368 g/mol. The fraction of sp³-hybridized carbons (Fsp3) is 0.391. The molecule has 1 N–H and O–H groups in total. The van der Waals surface area contributed by atoms with E-state index in [1.165, 1.54) is 6.92 Å². The number of hydrogen-bond donors (Lipinski definition) is 1. The number of hydrogen-bond acceptors (Lipinski definition) is 4. The Hall–Kier alpha value is -3.02. The summed E-state index contributed by atoms with van der Waals surface area (Å²) in [6, 6.07) is 15.3. The van der Waals surface area contributed by atoms with E-state index < -0.39 is 0 Å². The molecule has 29 heavy (non-hydrogen) atoms. The summed E-state index contributed by atoms with van der Waals surface area (Å²) < 4.78 is 11.3. The number of nitrogens with one attached hydrogen (secondary N) is 1. The van der Waals surface area contributed by atoms with Crippen LogP contribution in [0.15, 0.2) is 48.5 Å². The van der Waals surface area contributed by atoms with Crippen molar-refractivity contribution >= 4 is 11.8 Å². The number of carbonyl (C=O) groups excluding carboxylic acids is 2. The van der Waals surface area contributed by atoms with Crippen LogP contribution in [0.2, 0.25) is 0 Å². The van der Waals surface area contributed by atoms with Gasteiger partial charge in [-0.15, -0.1) is 0 Å². The van der Waals surface area contributed by atoms with Gasteiger partial charge < -0.3 is 19.7 Å². The Bertz CT molecular complexity index is 884. The summed E-state index contributed by atoms with van der Waals surface area (Å²) >= 11 is 0. The summed E-state index contributed by atoms with van der Waals surface area (Å²) in [5.41, 5.74) is 2.00. The van der Waals surface area contributed by atoms with E-state index in [0.717, 1.165) is 42.0 Å². The maximum Gasteiger partial charge on any atom is 0.225 e. The number of rotatable bonds is 5. The van der Waals surface area contributed by atoms with Crippen molar-refractivity contribution in [3.63, 3.8) is 0 Å². The van der Waals surface area contributed by atoms with Crippen LogP contribution in [0.1, 0.15) is 49.4 Å². The van der Waals surface area contributed by atoms with E-state index in [9.17, 15) is 9.59 Å². The Morgan fingerprint density at radius 1 is 1.10 bits per heavy atom. The number of ether oxygens (including phenoxy) is 2. The van der Waals surface area contributed by atoms with Gasteiger partial charge in [-0.1, -0.05) is 36.4 Å². The molecule has 2 amide bonds. The molecule has 0 aliphatic carbocycles. The summed E-state index contributed by atoms with van der Waals surface area (Å²) in [5.74, 6) is 1.40. The van der Waals surface area contributed by atoms with Gasteiger partial charge >= 0.3 is 0 Å². The largest absolute Gasteiger partial charge is 0.486 e. The molecule has 2 aromatic rings. The summed E-state index contributed by atoms with van der Waals surface area (Å²) in [5, 5.41) is 2.92. The van der Waals surface area contributed by atoms with Crippen LogP contribution in [0, 0.1) is 0 Å². The molecule has 152 valence electrons. The van der Waals surface area contributed by atoms with Crippen molar-refractivity contribution in [2.24, 2.45) is 0 Å². The summed E-state index contributed by atoms with van der Waals surface area (Å²) in [4.78, 5) is 26.8. The number of amides is 2. The van der Waals surface area contributed by atoms with E-state index in [0.29, 0.717) is 13.2 Å². The highest BCUT2D eigenvalue weighted by molar-refractivity contribution is 5.80. The van der Waals surface area contributed by atoms with E-state index in [4.69, 9.17) is 9.47 Å². The van der Waals surface area contributed by atoms with Crippen LogP contribution >= 0.6 is 0 Å². The normalized spacial score (nSPS) is 18.9. The second-order valence-corrected chi connectivity index (χ2v) is 7.52. The molecule has 0 unspecified atom stereocenters. The van der Waals surface area contributed by atoms with Crippen molar-refractivity contribution in [3.05, 3.63) is 59.7 Å². The van der Waals surface area contributed by atoms with Crippen LogP contribution in [0.4, 0.5) is 0 Å². The summed E-state index contributed by atoms with van der Waals surface area (Å²) in [7, 11) is 0. The number of likely N-dealkylation sites (tertiary alicyclic amines) is 1. The quantitative estimate of drug-likeness (QED) is 0.844. The average Bonchev–Trinajstić information content (AvgIpc) is 3.23. The van der Waals surface area contributed by atoms with Crippen molar-refractivity contribution < 1.29 is 19.1 Å². The van der Waals surface area contributed by atoms with Crippen LogP contribution in [-0.2, 0) is 9.59 Å². The Labute approximate surface area is 170 Å². The molecule has 2 aliphatic rings. The van der Waals surface area contributed by atoms with Crippen LogP contribution < -0.4 is 14.8 Å². The Kier molecular flexibility index (Phi) is 5.69. The van der Waals surface area contributed by atoms with Crippen LogP contribution in [0.25, 0.3) is 0 Å². The molecule has 2 atom stereocenters. The molecule has 6 heteroatoms. The molecule has 1 fully saturated rings. The topological polar surface area (TPSA) is 67.9 Å². The lowest BCUT2D eigenvalue weighted by atomic mass is 10.0. The zero-order valence-electron chi connectivity index (χ0n) is 16.6. The minimum absolute atomic E-state index is 0.0204. The fourth-order valence-electron chi connectivity index (χ4n) is 4.15. The molecular formula is C23H26N2O4. The van der Waals surface area contributed by atoms with Gasteiger partial charge in [0.15, 0.2) is 11.5 Å². The van der Waals surface area contributed by atoms with Crippen molar-refractivity contribution in [2.45, 2.75) is 38.3 Å². The van der Waals surface area contributed by atoms with E-state index in [1.807, 2.05) is 53.4 Å². The summed E-state index contributed by atoms with van der Waals surface area (Å²) in [6.45, 7) is 3.30. The van der Waals surface area contributed by atoms with Gasteiger partial charge in [0.25, 0.3) is 0 Å². The van der Waals surface area contributed by atoms with E-state index in [-0.39, 0.29) is 30.3 Å². The maximum atomic E-state index is 13.2. The second kappa shape index (κ2) is 8.55. The van der Waals surface area contributed by atoms with Gasteiger partial charge in [-0.2, -0.15) is 0 Å². The number of carbonyl (C=O) groups is 2. The third kappa shape index (κ3) is 4.36. The standard InChI is InChI=1S/C23H26N2O4/c1-16(26)24-19(17-6-3-2-4-7-17)15-23(27)25-11-5-8-20(25)18-9-10-21-22(14-18)29-13-12-28-21/h2-4,6-7,9-10,14,19-20H,5,8,11-13,15H2,1H3,(H,24,26)/t19-,20+/m0/s1. The molecule has 2 aliphatic heterocycles. The zero-order chi connectivity index (χ0) is 20.2. The van der Waals surface area contributed by atoms with Gasteiger partial charge in [0.1, 0.15) is 13.2 Å². The van der Waals surface area contributed by atoms with Crippen LogP contribution in [0.3, 0.4) is 0 Å². The first-order valence-corrected chi connectivity index (χ1v) is 10.1. The summed E-state index contributed by atoms with van der Waals surface area (Å²) in [6.07, 6.45) is 2.12. The van der Waals surface area contributed by atoms with Gasteiger partial charge in [-0.05, 0) is 36.1 Å². The SMILES string of the molecule is CC(=O)N[C@@H](CC(=O)N1CCC[C@@H]1c1ccc2c(c1)OCCO2)c1ccccc1. The minimum Gasteiger partial charge on any atom is -0.486 e. The van der Waals surface area contributed by atoms with Gasteiger partial charge in [-0.25, -0.2) is 0 Å². The zero-order valence-corrected chi connectivity index (χ0v) is 16.6. The molecule has 0 radical (unpaired) electrons. The average molecular weight is 394 g/mol. The smallest absolute Gasteiger partial charge is 0.225 e. The predicted octanol–water partition coefficient (Wildman–Crippen LogP) is 3.39. The van der Waals surface area contributed by atoms with Crippen LogP contribution in [0.5, 0.6) is 11.5 Å². The number of benzene rings is 2.